The lowest BCUT2D eigenvalue weighted by atomic mass is 10.1. The Kier molecular flexibility index (Phi) is 5.61. The highest BCUT2D eigenvalue weighted by molar-refractivity contribution is 7.93. The van der Waals surface area contributed by atoms with Crippen molar-refractivity contribution >= 4 is 26.9 Å². The van der Waals surface area contributed by atoms with Crippen molar-refractivity contribution in [2.75, 3.05) is 24.5 Å². The van der Waals surface area contributed by atoms with Crippen LogP contribution in [0.5, 0.6) is 0 Å². The fraction of sp³-hybridized carbons (Fsp3) is 0.375. The first-order chi connectivity index (χ1) is 10.5. The maximum Gasteiger partial charge on any atom is 0.195 e. The van der Waals surface area contributed by atoms with Crippen LogP contribution in [-0.4, -0.2) is 28.1 Å². The molecule has 1 aromatic carbocycles. The second-order valence-electron chi connectivity index (χ2n) is 4.97. The SMILES string of the molecule is CCN(CC)c1ccc([C@@H](CN)S(=O)(=O)c2cccs2)cc1. The molecule has 6 heteroatoms. The van der Waals surface area contributed by atoms with E-state index in [1.165, 1.54) is 11.3 Å². The van der Waals surface area contributed by atoms with Crippen molar-refractivity contribution in [1.82, 2.24) is 0 Å². The Hall–Kier alpha value is -1.37. The molecule has 1 heterocycles. The van der Waals surface area contributed by atoms with Gasteiger partial charge in [0, 0.05) is 25.3 Å². The molecule has 0 aliphatic rings. The number of rotatable bonds is 7. The third-order valence-electron chi connectivity index (χ3n) is 3.76. The van der Waals surface area contributed by atoms with E-state index in [0.717, 1.165) is 24.3 Å². The van der Waals surface area contributed by atoms with Gasteiger partial charge >= 0.3 is 0 Å². The second-order valence-corrected chi connectivity index (χ2v) is 8.27. The lowest BCUT2D eigenvalue weighted by Gasteiger charge is -2.22. The average molecular weight is 338 g/mol. The number of hydrogen-bond acceptors (Lipinski definition) is 5. The minimum absolute atomic E-state index is 0.0743. The van der Waals surface area contributed by atoms with Gasteiger partial charge in [0.2, 0.25) is 0 Å². The summed E-state index contributed by atoms with van der Waals surface area (Å²) < 4.78 is 25.7. The maximum absolute atomic E-state index is 12.7. The third kappa shape index (κ3) is 3.34. The van der Waals surface area contributed by atoms with Gasteiger partial charge in [-0.1, -0.05) is 18.2 Å². The lowest BCUT2D eigenvalue weighted by molar-refractivity contribution is 0.584. The van der Waals surface area contributed by atoms with Crippen molar-refractivity contribution in [2.45, 2.75) is 23.3 Å². The molecule has 0 bridgehead atoms. The van der Waals surface area contributed by atoms with Crippen molar-refractivity contribution in [1.29, 1.82) is 0 Å². The van der Waals surface area contributed by atoms with Crippen LogP contribution in [0.25, 0.3) is 0 Å². The fourth-order valence-corrected chi connectivity index (χ4v) is 5.31. The molecule has 0 unspecified atom stereocenters. The molecule has 120 valence electrons. The molecule has 0 saturated heterocycles. The molecule has 2 N–H and O–H groups in total. The van der Waals surface area contributed by atoms with Gasteiger partial charge in [0.25, 0.3) is 0 Å². The molecule has 0 aliphatic carbocycles. The third-order valence-corrected chi connectivity index (χ3v) is 7.32. The van der Waals surface area contributed by atoms with Crippen LogP contribution in [0.4, 0.5) is 5.69 Å². The summed E-state index contributed by atoms with van der Waals surface area (Å²) in [5.74, 6) is 0. The molecular weight excluding hydrogens is 316 g/mol. The number of hydrogen-bond donors (Lipinski definition) is 1. The predicted molar refractivity (Wildman–Crippen MR) is 93.3 cm³/mol. The Bertz CT molecular complexity index is 675. The Balaban J connectivity index is 2.33. The normalized spacial score (nSPS) is 13.0. The van der Waals surface area contributed by atoms with E-state index in [1.807, 2.05) is 24.3 Å². The van der Waals surface area contributed by atoms with Crippen LogP contribution >= 0.6 is 11.3 Å². The first kappa shape index (κ1) is 17.0. The Morgan fingerprint density at radius 1 is 1.14 bits per heavy atom. The van der Waals surface area contributed by atoms with E-state index in [0.29, 0.717) is 4.21 Å². The molecule has 0 saturated carbocycles. The Morgan fingerprint density at radius 3 is 2.23 bits per heavy atom. The summed E-state index contributed by atoms with van der Waals surface area (Å²) in [6, 6.07) is 11.1. The minimum Gasteiger partial charge on any atom is -0.372 e. The summed E-state index contributed by atoms with van der Waals surface area (Å²) in [6.45, 7) is 6.11. The van der Waals surface area contributed by atoms with Crippen molar-refractivity contribution in [3.63, 3.8) is 0 Å². The summed E-state index contributed by atoms with van der Waals surface area (Å²) >= 11 is 1.23. The molecule has 2 aromatic rings. The Morgan fingerprint density at radius 2 is 1.77 bits per heavy atom. The number of nitrogens with two attached hydrogens (primary N) is 1. The quantitative estimate of drug-likeness (QED) is 0.843. The molecule has 1 atom stereocenters. The van der Waals surface area contributed by atoms with Gasteiger partial charge in [0.05, 0.1) is 0 Å². The average Bonchev–Trinajstić information content (AvgIpc) is 3.05. The van der Waals surface area contributed by atoms with Crippen LogP contribution in [-0.2, 0) is 9.84 Å². The lowest BCUT2D eigenvalue weighted by Crippen LogP contribution is -2.23. The van der Waals surface area contributed by atoms with Crippen molar-refractivity contribution < 1.29 is 8.42 Å². The first-order valence-corrected chi connectivity index (χ1v) is 9.79. The number of benzene rings is 1. The summed E-state index contributed by atoms with van der Waals surface area (Å²) in [6.07, 6.45) is 0. The van der Waals surface area contributed by atoms with Gasteiger partial charge in [-0.2, -0.15) is 0 Å². The van der Waals surface area contributed by atoms with Crippen molar-refractivity contribution in [3.8, 4) is 0 Å². The van der Waals surface area contributed by atoms with E-state index < -0.39 is 15.1 Å². The van der Waals surface area contributed by atoms with Gasteiger partial charge in [-0.15, -0.1) is 11.3 Å². The molecule has 1 aromatic heterocycles. The summed E-state index contributed by atoms with van der Waals surface area (Å²) in [7, 11) is -3.43. The molecule has 0 spiro atoms. The number of anilines is 1. The van der Waals surface area contributed by atoms with Crippen LogP contribution in [0.3, 0.4) is 0 Å². The summed E-state index contributed by atoms with van der Waals surface area (Å²) in [4.78, 5) is 2.22. The van der Waals surface area contributed by atoms with Gasteiger partial charge in [-0.3, -0.25) is 0 Å². The zero-order valence-electron chi connectivity index (χ0n) is 12.9. The number of thiophene rings is 1. The molecular formula is C16H22N2O2S2. The zero-order valence-corrected chi connectivity index (χ0v) is 14.5. The first-order valence-electron chi connectivity index (χ1n) is 7.37. The van der Waals surface area contributed by atoms with E-state index >= 15 is 0 Å². The van der Waals surface area contributed by atoms with Crippen LogP contribution in [0, 0.1) is 0 Å². The maximum atomic E-state index is 12.7. The van der Waals surface area contributed by atoms with Crippen molar-refractivity contribution in [3.05, 3.63) is 47.3 Å². The van der Waals surface area contributed by atoms with Gasteiger partial charge in [-0.25, -0.2) is 8.42 Å². The molecule has 0 aliphatic heterocycles. The zero-order chi connectivity index (χ0) is 16.2. The molecule has 0 fully saturated rings. The van der Waals surface area contributed by atoms with E-state index in [1.54, 1.807) is 17.5 Å². The van der Waals surface area contributed by atoms with Crippen LogP contribution in [0.2, 0.25) is 0 Å². The monoisotopic (exact) mass is 338 g/mol. The molecule has 2 rings (SSSR count). The Labute approximate surface area is 136 Å². The van der Waals surface area contributed by atoms with Gasteiger partial charge in [0.1, 0.15) is 9.46 Å². The smallest absolute Gasteiger partial charge is 0.195 e. The summed E-state index contributed by atoms with van der Waals surface area (Å²) in [5.41, 5.74) is 7.60. The van der Waals surface area contributed by atoms with E-state index in [-0.39, 0.29) is 6.54 Å². The molecule has 0 radical (unpaired) electrons. The highest BCUT2D eigenvalue weighted by atomic mass is 32.2. The van der Waals surface area contributed by atoms with Gasteiger partial charge in [-0.05, 0) is 43.0 Å². The van der Waals surface area contributed by atoms with Crippen LogP contribution < -0.4 is 10.6 Å². The minimum atomic E-state index is -3.43. The molecule has 4 nitrogen and oxygen atoms in total. The van der Waals surface area contributed by atoms with Gasteiger partial charge < -0.3 is 10.6 Å². The molecule has 22 heavy (non-hydrogen) atoms. The van der Waals surface area contributed by atoms with E-state index in [2.05, 4.69) is 18.7 Å². The topological polar surface area (TPSA) is 63.4 Å². The standard InChI is InChI=1S/C16H22N2O2S2/c1-3-18(4-2)14-9-7-13(8-10-14)15(12-17)22(19,20)16-6-5-11-21-16/h5-11,15H,3-4,12,17H2,1-2H3/t15-/m1/s1. The molecule has 0 amide bonds. The number of nitrogens with zero attached hydrogens (tertiary/aromatic N) is 1. The van der Waals surface area contributed by atoms with E-state index in [9.17, 15) is 8.42 Å². The fourth-order valence-electron chi connectivity index (χ4n) is 2.50. The summed E-state index contributed by atoms with van der Waals surface area (Å²) in [5, 5.41) is 1.07. The van der Waals surface area contributed by atoms with Gasteiger partial charge in [0.15, 0.2) is 9.84 Å². The van der Waals surface area contributed by atoms with Crippen molar-refractivity contribution in [2.24, 2.45) is 5.73 Å². The highest BCUT2D eigenvalue weighted by Gasteiger charge is 2.28. The largest absolute Gasteiger partial charge is 0.372 e. The van der Waals surface area contributed by atoms with Crippen LogP contribution in [0.15, 0.2) is 46.0 Å². The number of sulfone groups is 1. The van der Waals surface area contributed by atoms with Crippen LogP contribution in [0.1, 0.15) is 24.7 Å². The van der Waals surface area contributed by atoms with E-state index in [4.69, 9.17) is 5.73 Å². The highest BCUT2D eigenvalue weighted by Crippen LogP contribution is 2.31. The second kappa shape index (κ2) is 7.26. The predicted octanol–water partition coefficient (Wildman–Crippen LogP) is 3.07.